The van der Waals surface area contributed by atoms with Crippen molar-refractivity contribution in [2.75, 3.05) is 11.1 Å². The first-order valence-corrected chi connectivity index (χ1v) is 6.99. The third-order valence-electron chi connectivity index (χ3n) is 2.79. The summed E-state index contributed by atoms with van der Waals surface area (Å²) in [6.45, 7) is 7.68. The third-order valence-corrected chi connectivity index (χ3v) is 4.89. The molecule has 88 valence electrons. The summed E-state index contributed by atoms with van der Waals surface area (Å²) in [5.74, 6) is 0.149. The SMILES string of the molecule is Cc1cc(C)c2c(c1)S(=O)(=O)CC(C)(C)N2. The predicted octanol–water partition coefficient (Wildman–Crippen LogP) is 2.28. The maximum Gasteiger partial charge on any atom is 0.182 e. The molecule has 0 saturated heterocycles. The Morgan fingerprint density at radius 2 is 1.88 bits per heavy atom. The molecule has 0 radical (unpaired) electrons. The molecule has 3 nitrogen and oxygen atoms in total. The first kappa shape index (κ1) is 11.5. The number of hydrogen-bond acceptors (Lipinski definition) is 3. The second kappa shape index (κ2) is 3.23. The van der Waals surface area contributed by atoms with Crippen LogP contribution < -0.4 is 5.32 Å². The number of hydrogen-bond donors (Lipinski definition) is 1. The highest BCUT2D eigenvalue weighted by molar-refractivity contribution is 7.91. The molecular formula is C12H17NO2S. The van der Waals surface area contributed by atoms with Crippen LogP contribution in [0.25, 0.3) is 0 Å². The first-order chi connectivity index (χ1) is 7.21. The number of sulfone groups is 1. The number of nitrogens with one attached hydrogen (secondary N) is 1. The molecule has 0 unspecified atom stereocenters. The number of benzene rings is 1. The van der Waals surface area contributed by atoms with Crippen LogP contribution in [-0.2, 0) is 9.84 Å². The standard InChI is InChI=1S/C12H17NO2S/c1-8-5-9(2)11-10(6-8)16(14,15)7-12(3,4)13-11/h5-6,13H,7H2,1-4H3. The van der Waals surface area contributed by atoms with Crippen LogP contribution in [0.2, 0.25) is 0 Å². The van der Waals surface area contributed by atoms with Crippen LogP contribution in [0, 0.1) is 13.8 Å². The lowest BCUT2D eigenvalue weighted by Crippen LogP contribution is -2.43. The van der Waals surface area contributed by atoms with Crippen LogP contribution >= 0.6 is 0 Å². The van der Waals surface area contributed by atoms with E-state index >= 15 is 0 Å². The molecule has 1 aromatic carbocycles. The van der Waals surface area contributed by atoms with Crippen LogP contribution in [0.5, 0.6) is 0 Å². The molecule has 0 amide bonds. The van der Waals surface area contributed by atoms with Crippen LogP contribution in [0.4, 0.5) is 5.69 Å². The number of anilines is 1. The van der Waals surface area contributed by atoms with Crippen LogP contribution in [0.15, 0.2) is 17.0 Å². The van der Waals surface area contributed by atoms with Gasteiger partial charge in [-0.1, -0.05) is 6.07 Å². The van der Waals surface area contributed by atoms with Crippen molar-refractivity contribution in [1.29, 1.82) is 0 Å². The molecule has 0 aromatic heterocycles. The number of aryl methyl sites for hydroxylation is 2. The Morgan fingerprint density at radius 3 is 2.50 bits per heavy atom. The zero-order valence-corrected chi connectivity index (χ0v) is 10.9. The van der Waals surface area contributed by atoms with Crippen molar-refractivity contribution >= 4 is 15.5 Å². The van der Waals surface area contributed by atoms with Crippen molar-refractivity contribution in [3.8, 4) is 0 Å². The summed E-state index contributed by atoms with van der Waals surface area (Å²) in [7, 11) is -3.16. The second-order valence-electron chi connectivity index (χ2n) is 5.22. The Balaban J connectivity index is 2.74. The highest BCUT2D eigenvalue weighted by atomic mass is 32.2. The van der Waals surface area contributed by atoms with E-state index in [9.17, 15) is 8.42 Å². The van der Waals surface area contributed by atoms with Crippen molar-refractivity contribution in [1.82, 2.24) is 0 Å². The lowest BCUT2D eigenvalue weighted by molar-refractivity contribution is 0.555. The number of fused-ring (bicyclic) bond motifs is 1. The minimum atomic E-state index is -3.16. The molecule has 1 heterocycles. The van der Waals surface area contributed by atoms with E-state index in [0.717, 1.165) is 16.8 Å². The first-order valence-electron chi connectivity index (χ1n) is 5.33. The maximum absolute atomic E-state index is 12.2. The van der Waals surface area contributed by atoms with Crippen molar-refractivity contribution < 1.29 is 8.42 Å². The molecule has 0 bridgehead atoms. The van der Waals surface area contributed by atoms with E-state index in [0.29, 0.717) is 4.90 Å². The molecule has 0 fully saturated rings. The zero-order chi connectivity index (χ0) is 12.1. The van der Waals surface area contributed by atoms with Gasteiger partial charge in [-0.05, 0) is 44.9 Å². The summed E-state index contributed by atoms with van der Waals surface area (Å²) in [6.07, 6.45) is 0. The lowest BCUT2D eigenvalue weighted by Gasteiger charge is -2.34. The Morgan fingerprint density at radius 1 is 1.25 bits per heavy atom. The lowest BCUT2D eigenvalue weighted by atomic mass is 10.0. The topological polar surface area (TPSA) is 46.2 Å². The van der Waals surface area contributed by atoms with Gasteiger partial charge in [0.15, 0.2) is 9.84 Å². The van der Waals surface area contributed by atoms with Crippen molar-refractivity contribution in [3.05, 3.63) is 23.3 Å². The molecule has 0 saturated carbocycles. The average Bonchev–Trinajstić information content (AvgIpc) is 2.05. The smallest absolute Gasteiger partial charge is 0.182 e. The molecular weight excluding hydrogens is 222 g/mol. The molecule has 2 rings (SSSR count). The molecule has 1 aliphatic heterocycles. The molecule has 4 heteroatoms. The largest absolute Gasteiger partial charge is 0.378 e. The summed E-state index contributed by atoms with van der Waals surface area (Å²) >= 11 is 0. The van der Waals surface area contributed by atoms with E-state index in [1.165, 1.54) is 0 Å². The fraction of sp³-hybridized carbons (Fsp3) is 0.500. The van der Waals surface area contributed by atoms with E-state index in [2.05, 4.69) is 5.32 Å². The van der Waals surface area contributed by atoms with Crippen molar-refractivity contribution in [3.63, 3.8) is 0 Å². The van der Waals surface area contributed by atoms with Gasteiger partial charge in [-0.2, -0.15) is 0 Å². The quantitative estimate of drug-likeness (QED) is 0.755. The van der Waals surface area contributed by atoms with E-state index in [4.69, 9.17) is 0 Å². The number of rotatable bonds is 0. The van der Waals surface area contributed by atoms with Crippen molar-refractivity contribution in [2.24, 2.45) is 0 Å². The van der Waals surface area contributed by atoms with Gasteiger partial charge in [0.25, 0.3) is 0 Å². The Hall–Kier alpha value is -1.03. The summed E-state index contributed by atoms with van der Waals surface area (Å²) in [4.78, 5) is 0.448. The van der Waals surface area contributed by atoms with Crippen LogP contribution in [0.3, 0.4) is 0 Å². The minimum absolute atomic E-state index is 0.149. The fourth-order valence-corrected chi connectivity index (χ4v) is 4.33. The van der Waals surface area contributed by atoms with Gasteiger partial charge in [-0.3, -0.25) is 0 Å². The molecule has 1 aliphatic rings. The van der Waals surface area contributed by atoms with Crippen LogP contribution in [-0.4, -0.2) is 19.7 Å². The monoisotopic (exact) mass is 239 g/mol. The van der Waals surface area contributed by atoms with Gasteiger partial charge < -0.3 is 5.32 Å². The molecule has 0 aliphatic carbocycles. The zero-order valence-electron chi connectivity index (χ0n) is 10.1. The van der Waals surface area contributed by atoms with Crippen molar-refractivity contribution in [2.45, 2.75) is 38.1 Å². The van der Waals surface area contributed by atoms with Crippen LogP contribution in [0.1, 0.15) is 25.0 Å². The molecule has 0 atom stereocenters. The van der Waals surface area contributed by atoms with Gasteiger partial charge in [-0.25, -0.2) is 8.42 Å². The molecule has 0 spiro atoms. The highest BCUT2D eigenvalue weighted by Crippen LogP contribution is 2.35. The molecule has 1 aromatic rings. The van der Waals surface area contributed by atoms with E-state index in [-0.39, 0.29) is 5.75 Å². The molecule has 16 heavy (non-hydrogen) atoms. The Kier molecular flexibility index (Phi) is 2.31. The van der Waals surface area contributed by atoms with E-state index < -0.39 is 15.4 Å². The maximum atomic E-state index is 12.2. The Bertz CT molecular complexity index is 544. The van der Waals surface area contributed by atoms with E-state index in [1.54, 1.807) is 6.07 Å². The summed E-state index contributed by atoms with van der Waals surface area (Å²) in [5.41, 5.74) is 2.35. The second-order valence-corrected chi connectivity index (χ2v) is 7.18. The Labute approximate surface area is 96.8 Å². The third kappa shape index (κ3) is 1.82. The van der Waals surface area contributed by atoms with Gasteiger partial charge >= 0.3 is 0 Å². The van der Waals surface area contributed by atoms with Gasteiger partial charge in [0.05, 0.1) is 16.3 Å². The van der Waals surface area contributed by atoms with Gasteiger partial charge in [0.1, 0.15) is 0 Å². The van der Waals surface area contributed by atoms with Gasteiger partial charge in [0, 0.05) is 5.54 Å². The highest BCUT2D eigenvalue weighted by Gasteiger charge is 2.35. The average molecular weight is 239 g/mol. The summed E-state index contributed by atoms with van der Waals surface area (Å²) < 4.78 is 24.3. The van der Waals surface area contributed by atoms with E-state index in [1.807, 2.05) is 33.8 Å². The van der Waals surface area contributed by atoms with Gasteiger partial charge in [-0.15, -0.1) is 0 Å². The molecule has 1 N–H and O–H groups in total. The summed E-state index contributed by atoms with van der Waals surface area (Å²) in [6, 6.07) is 3.75. The summed E-state index contributed by atoms with van der Waals surface area (Å²) in [5, 5.41) is 3.31. The normalized spacial score (nSPS) is 21.0. The minimum Gasteiger partial charge on any atom is -0.378 e. The fourth-order valence-electron chi connectivity index (χ4n) is 2.26. The predicted molar refractivity (Wildman–Crippen MR) is 65.7 cm³/mol. The van der Waals surface area contributed by atoms with Gasteiger partial charge in [0.2, 0.25) is 0 Å².